The second-order valence-corrected chi connectivity index (χ2v) is 7.60. The summed E-state index contributed by atoms with van der Waals surface area (Å²) >= 11 is 6.25. The molecule has 2 aromatic carbocycles. The first-order valence-electron chi connectivity index (χ1n) is 5.77. The summed E-state index contributed by atoms with van der Waals surface area (Å²) in [5.41, 5.74) is -0.00467. The lowest BCUT2D eigenvalue weighted by Crippen LogP contribution is -2.16. The molecule has 22 heavy (non-hydrogen) atoms. The average molecular weight is 452 g/mol. The number of primary sulfonamides is 1. The molecule has 0 aliphatic rings. The van der Waals surface area contributed by atoms with Crippen LogP contribution in [0.3, 0.4) is 0 Å². The number of nitrogens with two attached hydrogens (primary N) is 1. The van der Waals surface area contributed by atoms with Crippen molar-refractivity contribution in [1.29, 1.82) is 0 Å². The molecule has 2 aromatic rings. The van der Waals surface area contributed by atoms with Gasteiger partial charge in [-0.05, 0) is 52.3 Å². The van der Waals surface area contributed by atoms with Crippen molar-refractivity contribution in [1.82, 2.24) is 0 Å². The van der Waals surface area contributed by atoms with Crippen molar-refractivity contribution in [2.24, 2.45) is 5.14 Å². The van der Waals surface area contributed by atoms with E-state index in [2.05, 4.69) is 37.2 Å². The molecule has 5 nitrogen and oxygen atoms in total. The minimum Gasteiger partial charge on any atom is -0.319 e. The zero-order chi connectivity index (χ0) is 16.5. The number of benzene rings is 2. The summed E-state index contributed by atoms with van der Waals surface area (Å²) in [4.78, 5) is 12.0. The van der Waals surface area contributed by atoms with Crippen LogP contribution in [0.1, 0.15) is 10.4 Å². The summed E-state index contributed by atoms with van der Waals surface area (Å²) in [6, 6.07) is 7.91. The largest absolute Gasteiger partial charge is 0.319 e. The molecule has 0 fully saturated rings. The molecule has 0 saturated carbocycles. The maximum absolute atomic E-state index is 13.7. The molecule has 0 aliphatic heterocycles. The van der Waals surface area contributed by atoms with E-state index in [1.54, 1.807) is 6.07 Å². The Morgan fingerprint density at radius 3 is 2.41 bits per heavy atom. The summed E-state index contributed by atoms with van der Waals surface area (Å²) in [5.74, 6) is -1.29. The van der Waals surface area contributed by atoms with E-state index in [1.165, 1.54) is 24.3 Å². The van der Waals surface area contributed by atoms with E-state index in [-0.39, 0.29) is 16.1 Å². The Kier molecular flexibility index (Phi) is 5.00. The molecular formula is C13H9Br2FN2O3S. The predicted octanol–water partition coefficient (Wildman–Crippen LogP) is 3.25. The van der Waals surface area contributed by atoms with Gasteiger partial charge in [0.05, 0.1) is 16.1 Å². The Balaban J connectivity index is 2.37. The summed E-state index contributed by atoms with van der Waals surface area (Å²) in [6.07, 6.45) is 0. The van der Waals surface area contributed by atoms with Crippen LogP contribution in [0.4, 0.5) is 10.1 Å². The number of carbonyl (C=O) groups is 1. The van der Waals surface area contributed by atoms with Crippen LogP contribution in [0, 0.1) is 5.82 Å². The van der Waals surface area contributed by atoms with Gasteiger partial charge in [0.25, 0.3) is 5.91 Å². The van der Waals surface area contributed by atoms with Crippen molar-refractivity contribution in [3.63, 3.8) is 0 Å². The third-order valence-corrected chi connectivity index (χ3v) is 4.79. The van der Waals surface area contributed by atoms with Gasteiger partial charge < -0.3 is 5.32 Å². The number of amides is 1. The maximum Gasteiger partial charge on any atom is 0.256 e. The summed E-state index contributed by atoms with van der Waals surface area (Å²) in [6.45, 7) is 0. The molecule has 0 atom stereocenters. The molecule has 0 saturated heterocycles. The van der Waals surface area contributed by atoms with Gasteiger partial charge >= 0.3 is 0 Å². The number of hydrogen-bond acceptors (Lipinski definition) is 3. The first-order valence-corrected chi connectivity index (χ1v) is 8.90. The summed E-state index contributed by atoms with van der Waals surface area (Å²) in [5, 5.41) is 7.40. The number of anilines is 1. The SMILES string of the molecule is NS(=O)(=O)c1ccc(Br)c(C(=O)Nc2ccc(Br)cc2F)c1. The smallest absolute Gasteiger partial charge is 0.256 e. The Morgan fingerprint density at radius 2 is 1.82 bits per heavy atom. The lowest BCUT2D eigenvalue weighted by molar-refractivity contribution is 0.102. The van der Waals surface area contributed by atoms with Gasteiger partial charge in [-0.3, -0.25) is 4.79 Å². The summed E-state index contributed by atoms with van der Waals surface area (Å²) in [7, 11) is -3.94. The Labute approximate surface area is 143 Å². The Morgan fingerprint density at radius 1 is 1.14 bits per heavy atom. The summed E-state index contributed by atoms with van der Waals surface area (Å²) < 4.78 is 37.3. The molecule has 0 aromatic heterocycles. The molecule has 0 heterocycles. The van der Waals surface area contributed by atoms with Gasteiger partial charge in [0.2, 0.25) is 10.0 Å². The van der Waals surface area contributed by atoms with E-state index in [4.69, 9.17) is 5.14 Å². The van der Waals surface area contributed by atoms with Crippen molar-refractivity contribution < 1.29 is 17.6 Å². The van der Waals surface area contributed by atoms with E-state index >= 15 is 0 Å². The minimum atomic E-state index is -3.94. The van der Waals surface area contributed by atoms with Crippen LogP contribution in [0.15, 0.2) is 50.2 Å². The van der Waals surface area contributed by atoms with Crippen LogP contribution in [-0.2, 0) is 10.0 Å². The zero-order valence-electron chi connectivity index (χ0n) is 10.8. The van der Waals surface area contributed by atoms with Gasteiger partial charge in [-0.1, -0.05) is 15.9 Å². The lowest BCUT2D eigenvalue weighted by atomic mass is 10.2. The van der Waals surface area contributed by atoms with Crippen LogP contribution in [0.2, 0.25) is 0 Å². The minimum absolute atomic E-state index is 0.0221. The van der Waals surface area contributed by atoms with Crippen molar-refractivity contribution in [3.8, 4) is 0 Å². The first kappa shape index (κ1) is 17.1. The van der Waals surface area contributed by atoms with Gasteiger partial charge in [0, 0.05) is 8.95 Å². The maximum atomic E-state index is 13.7. The number of nitrogens with one attached hydrogen (secondary N) is 1. The third-order valence-electron chi connectivity index (χ3n) is 2.69. The topological polar surface area (TPSA) is 89.3 Å². The predicted molar refractivity (Wildman–Crippen MR) is 87.6 cm³/mol. The quantitative estimate of drug-likeness (QED) is 0.750. The standard InChI is InChI=1S/C13H9Br2FN2O3S/c14-7-1-4-12(11(16)5-7)18-13(19)9-6-8(22(17,20)21)2-3-10(9)15/h1-6H,(H,18,19)(H2,17,20,21). The van der Waals surface area contributed by atoms with Crippen LogP contribution in [0.25, 0.3) is 0 Å². The molecule has 0 unspecified atom stereocenters. The highest BCUT2D eigenvalue weighted by molar-refractivity contribution is 9.10. The lowest BCUT2D eigenvalue weighted by Gasteiger charge is -2.09. The molecular weight excluding hydrogens is 443 g/mol. The highest BCUT2D eigenvalue weighted by atomic mass is 79.9. The fraction of sp³-hybridized carbons (Fsp3) is 0. The van der Waals surface area contributed by atoms with Crippen LogP contribution < -0.4 is 10.5 Å². The van der Waals surface area contributed by atoms with E-state index in [9.17, 15) is 17.6 Å². The molecule has 9 heteroatoms. The van der Waals surface area contributed by atoms with Crippen molar-refractivity contribution in [2.45, 2.75) is 4.90 Å². The molecule has 3 N–H and O–H groups in total. The second kappa shape index (κ2) is 6.45. The van der Waals surface area contributed by atoms with Gasteiger partial charge in [0.15, 0.2) is 0 Å². The van der Waals surface area contributed by atoms with Crippen LogP contribution in [-0.4, -0.2) is 14.3 Å². The second-order valence-electron chi connectivity index (χ2n) is 4.26. The fourth-order valence-corrected chi connectivity index (χ4v) is 2.94. The van der Waals surface area contributed by atoms with Gasteiger partial charge in [-0.2, -0.15) is 0 Å². The van der Waals surface area contributed by atoms with Crippen molar-refractivity contribution >= 4 is 53.5 Å². The molecule has 2 rings (SSSR count). The Hall–Kier alpha value is -1.29. The van der Waals surface area contributed by atoms with Gasteiger partial charge in [-0.25, -0.2) is 17.9 Å². The number of sulfonamides is 1. The molecule has 1 amide bonds. The molecule has 116 valence electrons. The molecule has 0 radical (unpaired) electrons. The van der Waals surface area contributed by atoms with E-state index in [0.29, 0.717) is 8.95 Å². The number of rotatable bonds is 3. The Bertz CT molecular complexity index is 856. The normalized spacial score (nSPS) is 11.3. The molecule has 0 bridgehead atoms. The van der Waals surface area contributed by atoms with E-state index in [0.717, 1.165) is 6.07 Å². The monoisotopic (exact) mass is 450 g/mol. The average Bonchev–Trinajstić information content (AvgIpc) is 2.41. The van der Waals surface area contributed by atoms with Crippen molar-refractivity contribution in [3.05, 3.63) is 56.7 Å². The van der Waals surface area contributed by atoms with Crippen molar-refractivity contribution in [2.75, 3.05) is 5.32 Å². The number of hydrogen-bond donors (Lipinski definition) is 2. The third kappa shape index (κ3) is 3.92. The van der Waals surface area contributed by atoms with Crippen LogP contribution >= 0.6 is 31.9 Å². The zero-order valence-corrected chi connectivity index (χ0v) is 14.8. The van der Waals surface area contributed by atoms with E-state index < -0.39 is 21.7 Å². The fourth-order valence-electron chi connectivity index (χ4n) is 1.64. The molecule has 0 spiro atoms. The number of carbonyl (C=O) groups excluding carboxylic acids is 1. The number of halogens is 3. The highest BCUT2D eigenvalue weighted by Crippen LogP contribution is 2.24. The molecule has 0 aliphatic carbocycles. The van der Waals surface area contributed by atoms with Crippen LogP contribution in [0.5, 0.6) is 0 Å². The van der Waals surface area contributed by atoms with Gasteiger partial charge in [-0.15, -0.1) is 0 Å². The highest BCUT2D eigenvalue weighted by Gasteiger charge is 2.17. The van der Waals surface area contributed by atoms with Gasteiger partial charge in [0.1, 0.15) is 5.82 Å². The first-order chi connectivity index (χ1) is 10.2. The van der Waals surface area contributed by atoms with E-state index in [1.807, 2.05) is 0 Å².